The molecule has 0 aliphatic heterocycles. The molecular formula is C9H10N2O3. The molecule has 1 rings (SSSR count). The van der Waals surface area contributed by atoms with Crippen molar-refractivity contribution in [1.29, 1.82) is 0 Å². The Hall–Kier alpha value is -2.04. The Kier molecular flexibility index (Phi) is 3.06. The van der Waals surface area contributed by atoms with Crippen LogP contribution in [-0.2, 0) is 11.2 Å². The van der Waals surface area contributed by atoms with Crippen LogP contribution < -0.4 is 5.73 Å². The van der Waals surface area contributed by atoms with Crippen molar-refractivity contribution in [3.8, 4) is 0 Å². The smallest absolute Gasteiger partial charge is 0.307 e. The Labute approximate surface area is 80.5 Å². The topological polar surface area (TPSA) is 95.9 Å². The highest BCUT2D eigenvalue weighted by molar-refractivity contribution is 5.99. The lowest BCUT2D eigenvalue weighted by Crippen LogP contribution is -2.16. The zero-order chi connectivity index (χ0) is 10.6. The molecule has 0 atom stereocenters. The van der Waals surface area contributed by atoms with Crippen LogP contribution in [0.4, 0.5) is 0 Å². The molecule has 0 aliphatic carbocycles. The van der Waals surface area contributed by atoms with Gasteiger partial charge in [-0.05, 0) is 5.56 Å². The van der Waals surface area contributed by atoms with Crippen LogP contribution in [0.25, 0.3) is 0 Å². The fraction of sp³-hybridized carbons (Fsp3) is 0.111. The zero-order valence-corrected chi connectivity index (χ0v) is 7.34. The second-order valence-electron chi connectivity index (χ2n) is 2.71. The average molecular weight is 194 g/mol. The molecule has 5 nitrogen and oxygen atoms in total. The molecular weight excluding hydrogens is 184 g/mol. The van der Waals surface area contributed by atoms with Gasteiger partial charge in [-0.2, -0.15) is 0 Å². The van der Waals surface area contributed by atoms with E-state index in [4.69, 9.17) is 16.0 Å². The van der Waals surface area contributed by atoms with Gasteiger partial charge in [0.05, 0.1) is 6.42 Å². The molecule has 74 valence electrons. The molecule has 0 aromatic heterocycles. The van der Waals surface area contributed by atoms with E-state index in [2.05, 4.69) is 5.16 Å². The van der Waals surface area contributed by atoms with Crippen LogP contribution >= 0.6 is 0 Å². The van der Waals surface area contributed by atoms with Crippen LogP contribution in [0.2, 0.25) is 0 Å². The number of amidine groups is 1. The Morgan fingerprint density at radius 2 is 2.07 bits per heavy atom. The van der Waals surface area contributed by atoms with Crippen molar-refractivity contribution in [3.05, 3.63) is 35.4 Å². The minimum absolute atomic E-state index is 0.0816. The number of nitrogens with two attached hydrogens (primary N) is 1. The number of benzene rings is 1. The van der Waals surface area contributed by atoms with E-state index in [1.54, 1.807) is 24.3 Å². The quantitative estimate of drug-likeness (QED) is 0.281. The third kappa shape index (κ3) is 2.22. The first kappa shape index (κ1) is 10.0. The number of hydrogen-bond donors (Lipinski definition) is 3. The number of carboxylic acid groups (broad SMARTS) is 1. The number of rotatable bonds is 3. The van der Waals surface area contributed by atoms with Crippen molar-refractivity contribution in [2.45, 2.75) is 6.42 Å². The van der Waals surface area contributed by atoms with E-state index in [-0.39, 0.29) is 12.3 Å². The number of aliphatic carboxylic acids is 1. The summed E-state index contributed by atoms with van der Waals surface area (Å²) in [5.41, 5.74) is 6.34. The van der Waals surface area contributed by atoms with Crippen LogP contribution in [0.5, 0.6) is 0 Å². The molecule has 0 fully saturated rings. The number of nitrogens with zero attached hydrogens (tertiary/aromatic N) is 1. The highest BCUT2D eigenvalue weighted by atomic mass is 16.4. The van der Waals surface area contributed by atoms with Gasteiger partial charge in [0.2, 0.25) is 0 Å². The Morgan fingerprint density at radius 1 is 1.43 bits per heavy atom. The summed E-state index contributed by atoms with van der Waals surface area (Å²) in [5.74, 6) is -1.04. The van der Waals surface area contributed by atoms with Gasteiger partial charge in [-0.3, -0.25) is 4.79 Å². The molecule has 0 radical (unpaired) electrons. The molecule has 14 heavy (non-hydrogen) atoms. The Bertz CT molecular complexity index is 374. The molecule has 1 aromatic carbocycles. The number of carboxylic acids is 1. The van der Waals surface area contributed by atoms with Crippen molar-refractivity contribution in [3.63, 3.8) is 0 Å². The maximum atomic E-state index is 10.5. The van der Waals surface area contributed by atoms with E-state index < -0.39 is 5.97 Å². The van der Waals surface area contributed by atoms with Crippen molar-refractivity contribution in [1.82, 2.24) is 0 Å². The van der Waals surface area contributed by atoms with Crippen molar-refractivity contribution in [2.75, 3.05) is 0 Å². The van der Waals surface area contributed by atoms with Crippen LogP contribution in [0.3, 0.4) is 0 Å². The van der Waals surface area contributed by atoms with Gasteiger partial charge < -0.3 is 16.0 Å². The van der Waals surface area contributed by atoms with E-state index in [0.717, 1.165) is 0 Å². The van der Waals surface area contributed by atoms with Crippen LogP contribution in [0.15, 0.2) is 29.4 Å². The van der Waals surface area contributed by atoms with Crippen LogP contribution in [0.1, 0.15) is 11.1 Å². The lowest BCUT2D eigenvalue weighted by molar-refractivity contribution is -0.136. The van der Waals surface area contributed by atoms with Gasteiger partial charge in [0, 0.05) is 5.56 Å². The van der Waals surface area contributed by atoms with Crippen LogP contribution in [0, 0.1) is 0 Å². The summed E-state index contributed by atoms with van der Waals surface area (Å²) in [6, 6.07) is 6.62. The molecule has 0 heterocycles. The normalized spacial score (nSPS) is 11.3. The number of oxime groups is 1. The van der Waals surface area contributed by atoms with Gasteiger partial charge in [-0.15, -0.1) is 0 Å². The van der Waals surface area contributed by atoms with Gasteiger partial charge in [-0.1, -0.05) is 29.4 Å². The van der Waals surface area contributed by atoms with E-state index in [0.29, 0.717) is 11.1 Å². The predicted octanol–water partition coefficient (Wildman–Crippen LogP) is 0.408. The molecule has 4 N–H and O–H groups in total. The van der Waals surface area contributed by atoms with Crippen LogP contribution in [-0.4, -0.2) is 22.1 Å². The van der Waals surface area contributed by atoms with E-state index in [1.165, 1.54) is 0 Å². The molecule has 0 aliphatic rings. The van der Waals surface area contributed by atoms with Crippen molar-refractivity contribution >= 4 is 11.8 Å². The minimum Gasteiger partial charge on any atom is -0.481 e. The maximum absolute atomic E-state index is 10.5. The van der Waals surface area contributed by atoms with Crippen molar-refractivity contribution < 1.29 is 15.1 Å². The Morgan fingerprint density at radius 3 is 2.64 bits per heavy atom. The second kappa shape index (κ2) is 4.27. The first-order valence-electron chi connectivity index (χ1n) is 3.92. The lowest BCUT2D eigenvalue weighted by atomic mass is 10.0. The van der Waals surface area contributed by atoms with Gasteiger partial charge in [0.15, 0.2) is 5.84 Å². The maximum Gasteiger partial charge on any atom is 0.307 e. The standard InChI is InChI=1S/C9H10N2O3/c10-9(11-14)7-4-2-1-3-6(7)5-8(12)13/h1-4,14H,5H2,(H2,10,11)(H,12,13). The summed E-state index contributed by atoms with van der Waals surface area (Å²) >= 11 is 0. The lowest BCUT2D eigenvalue weighted by Gasteiger charge is -2.04. The minimum atomic E-state index is -0.955. The fourth-order valence-electron chi connectivity index (χ4n) is 1.14. The molecule has 0 spiro atoms. The molecule has 5 heteroatoms. The summed E-state index contributed by atoms with van der Waals surface area (Å²) in [6.45, 7) is 0. The fourth-order valence-corrected chi connectivity index (χ4v) is 1.14. The molecule has 0 bridgehead atoms. The molecule has 0 saturated carbocycles. The average Bonchev–Trinajstić information content (AvgIpc) is 2.16. The monoisotopic (exact) mass is 194 g/mol. The van der Waals surface area contributed by atoms with Crippen molar-refractivity contribution in [2.24, 2.45) is 10.9 Å². The molecule has 1 aromatic rings. The highest BCUT2D eigenvalue weighted by Gasteiger charge is 2.08. The Balaban J connectivity index is 3.09. The molecule has 0 saturated heterocycles. The third-order valence-corrected chi connectivity index (χ3v) is 1.74. The summed E-state index contributed by atoms with van der Waals surface area (Å²) in [4.78, 5) is 10.5. The van der Waals surface area contributed by atoms with Gasteiger partial charge in [0.25, 0.3) is 0 Å². The number of carbonyl (C=O) groups is 1. The van der Waals surface area contributed by atoms with Gasteiger partial charge in [-0.25, -0.2) is 0 Å². The van der Waals surface area contributed by atoms with E-state index >= 15 is 0 Å². The first-order chi connectivity index (χ1) is 6.65. The highest BCUT2D eigenvalue weighted by Crippen LogP contribution is 2.09. The largest absolute Gasteiger partial charge is 0.481 e. The molecule has 0 amide bonds. The molecule has 0 unspecified atom stereocenters. The predicted molar refractivity (Wildman–Crippen MR) is 50.3 cm³/mol. The first-order valence-corrected chi connectivity index (χ1v) is 3.92. The van der Waals surface area contributed by atoms with Gasteiger partial charge >= 0.3 is 5.97 Å². The third-order valence-electron chi connectivity index (χ3n) is 1.74. The summed E-state index contributed by atoms with van der Waals surface area (Å²) in [6.07, 6.45) is -0.146. The number of hydrogen-bond acceptors (Lipinski definition) is 3. The SMILES string of the molecule is N/C(=N\O)c1ccccc1CC(=O)O. The zero-order valence-electron chi connectivity index (χ0n) is 7.34. The summed E-state index contributed by atoms with van der Waals surface area (Å²) in [5, 5.41) is 19.9. The summed E-state index contributed by atoms with van der Waals surface area (Å²) < 4.78 is 0. The van der Waals surface area contributed by atoms with E-state index in [9.17, 15) is 4.79 Å². The van der Waals surface area contributed by atoms with Gasteiger partial charge in [0.1, 0.15) is 0 Å². The summed E-state index contributed by atoms with van der Waals surface area (Å²) in [7, 11) is 0. The van der Waals surface area contributed by atoms with E-state index in [1.807, 2.05) is 0 Å². The second-order valence-corrected chi connectivity index (χ2v) is 2.71.